The Morgan fingerprint density at radius 3 is 2.60 bits per heavy atom. The first-order valence-electron chi connectivity index (χ1n) is 8.58. The maximum atomic E-state index is 10.2. The molecule has 0 bridgehead atoms. The van der Waals surface area contributed by atoms with Crippen molar-refractivity contribution in [1.82, 2.24) is 5.32 Å². The first-order chi connectivity index (χ1) is 12.1. The highest BCUT2D eigenvalue weighted by molar-refractivity contribution is 6.30. The van der Waals surface area contributed by atoms with Gasteiger partial charge < -0.3 is 20.3 Å². The van der Waals surface area contributed by atoms with Crippen LogP contribution in [0.15, 0.2) is 48.5 Å². The van der Waals surface area contributed by atoms with E-state index in [1.54, 1.807) is 12.1 Å². The zero-order valence-corrected chi connectivity index (χ0v) is 15.2. The van der Waals surface area contributed by atoms with Gasteiger partial charge in [-0.15, -0.1) is 0 Å². The van der Waals surface area contributed by atoms with E-state index >= 15 is 0 Å². The minimum Gasteiger partial charge on any atom is -0.492 e. The number of halogens is 1. The number of rotatable bonds is 10. The number of hydrogen-bond donors (Lipinski definition) is 3. The van der Waals surface area contributed by atoms with E-state index in [0.29, 0.717) is 18.2 Å². The zero-order chi connectivity index (χ0) is 18.1. The lowest BCUT2D eigenvalue weighted by Gasteiger charge is -2.18. The van der Waals surface area contributed by atoms with Gasteiger partial charge >= 0.3 is 0 Å². The van der Waals surface area contributed by atoms with Crippen LogP contribution in [0.2, 0.25) is 5.02 Å². The lowest BCUT2D eigenvalue weighted by Crippen LogP contribution is -2.34. The molecule has 0 fully saturated rings. The number of aliphatic hydroxyl groups excluding tert-OH is 2. The Kier molecular flexibility index (Phi) is 8.22. The fourth-order valence-electron chi connectivity index (χ4n) is 2.46. The normalized spacial score (nSPS) is 13.4. The van der Waals surface area contributed by atoms with Gasteiger partial charge in [0.2, 0.25) is 0 Å². The molecular formula is C20H26ClNO3. The van der Waals surface area contributed by atoms with Gasteiger partial charge in [-0.3, -0.25) is 0 Å². The maximum Gasteiger partial charge on any atom is 0.119 e. The average molecular weight is 364 g/mol. The maximum absolute atomic E-state index is 10.2. The highest BCUT2D eigenvalue weighted by Gasteiger charge is 2.10. The molecule has 0 aliphatic heterocycles. The summed E-state index contributed by atoms with van der Waals surface area (Å²) in [7, 11) is 0. The van der Waals surface area contributed by atoms with E-state index in [1.807, 2.05) is 43.3 Å². The predicted octanol–water partition coefficient (Wildman–Crippen LogP) is 3.36. The smallest absolute Gasteiger partial charge is 0.119 e. The number of nitrogens with one attached hydrogen (secondary N) is 1. The molecule has 25 heavy (non-hydrogen) atoms. The lowest BCUT2D eigenvalue weighted by atomic mass is 10.1. The van der Waals surface area contributed by atoms with E-state index in [9.17, 15) is 5.11 Å². The summed E-state index contributed by atoms with van der Waals surface area (Å²) in [6.07, 6.45) is 1.04. The van der Waals surface area contributed by atoms with Gasteiger partial charge in [0.15, 0.2) is 0 Å². The van der Waals surface area contributed by atoms with Crippen LogP contribution in [-0.2, 0) is 6.42 Å². The van der Waals surface area contributed by atoms with Crippen LogP contribution < -0.4 is 10.1 Å². The summed E-state index contributed by atoms with van der Waals surface area (Å²) >= 11 is 5.94. The molecule has 5 heteroatoms. The number of aliphatic hydroxyl groups is 2. The van der Waals surface area contributed by atoms with Crippen LogP contribution in [-0.4, -0.2) is 36.0 Å². The predicted molar refractivity (Wildman–Crippen MR) is 101 cm³/mol. The second-order valence-corrected chi connectivity index (χ2v) is 6.60. The fraction of sp³-hybridized carbons (Fsp3) is 0.400. The van der Waals surface area contributed by atoms with Gasteiger partial charge in [-0.25, -0.2) is 0 Å². The molecule has 0 spiro atoms. The van der Waals surface area contributed by atoms with Crippen molar-refractivity contribution in [3.63, 3.8) is 0 Å². The van der Waals surface area contributed by atoms with Crippen molar-refractivity contribution >= 4 is 11.6 Å². The molecule has 2 aromatic carbocycles. The van der Waals surface area contributed by atoms with E-state index in [1.165, 1.54) is 5.56 Å². The Hall–Kier alpha value is -1.59. The summed E-state index contributed by atoms with van der Waals surface area (Å²) in [5.41, 5.74) is 1.99. The summed E-state index contributed by atoms with van der Waals surface area (Å²) in [6.45, 7) is 3.17. The number of benzene rings is 2. The van der Waals surface area contributed by atoms with Gasteiger partial charge in [-0.1, -0.05) is 35.9 Å². The average Bonchev–Trinajstić information content (AvgIpc) is 2.63. The fourth-order valence-corrected chi connectivity index (χ4v) is 2.66. The van der Waals surface area contributed by atoms with Crippen molar-refractivity contribution in [3.05, 3.63) is 64.7 Å². The van der Waals surface area contributed by atoms with Crippen molar-refractivity contribution in [2.75, 3.05) is 19.8 Å². The quantitative estimate of drug-likeness (QED) is 0.605. The van der Waals surface area contributed by atoms with E-state index in [4.69, 9.17) is 21.4 Å². The van der Waals surface area contributed by atoms with Crippen LogP contribution >= 0.6 is 11.6 Å². The van der Waals surface area contributed by atoms with Crippen molar-refractivity contribution in [3.8, 4) is 5.75 Å². The summed E-state index contributed by atoms with van der Waals surface area (Å²) in [5.74, 6) is 0.816. The minimum atomic E-state index is -0.605. The Bertz CT molecular complexity index is 633. The largest absolute Gasteiger partial charge is 0.492 e. The summed E-state index contributed by atoms with van der Waals surface area (Å²) in [6, 6.07) is 15.3. The van der Waals surface area contributed by atoms with Crippen molar-refractivity contribution in [2.24, 2.45) is 0 Å². The van der Waals surface area contributed by atoms with Gasteiger partial charge in [0, 0.05) is 24.2 Å². The molecule has 0 heterocycles. The lowest BCUT2D eigenvalue weighted by molar-refractivity contribution is 0.163. The molecular weight excluding hydrogens is 338 g/mol. The van der Waals surface area contributed by atoms with Crippen LogP contribution in [0.1, 0.15) is 30.6 Å². The molecule has 2 unspecified atom stereocenters. The van der Waals surface area contributed by atoms with Crippen molar-refractivity contribution < 1.29 is 14.9 Å². The highest BCUT2D eigenvalue weighted by Crippen LogP contribution is 2.17. The summed E-state index contributed by atoms with van der Waals surface area (Å²) in [4.78, 5) is 0. The molecule has 0 saturated heterocycles. The molecule has 2 aromatic rings. The second kappa shape index (κ2) is 10.4. The Morgan fingerprint density at radius 2 is 1.92 bits per heavy atom. The summed E-state index contributed by atoms with van der Waals surface area (Å²) < 4.78 is 5.77. The Morgan fingerprint density at radius 1 is 1.16 bits per heavy atom. The molecule has 0 saturated carbocycles. The summed E-state index contributed by atoms with van der Waals surface area (Å²) in [5, 5.41) is 22.9. The van der Waals surface area contributed by atoms with E-state index in [2.05, 4.69) is 5.32 Å². The molecule has 2 atom stereocenters. The molecule has 2 rings (SSSR count). The second-order valence-electron chi connectivity index (χ2n) is 6.16. The van der Waals surface area contributed by atoms with Crippen LogP contribution in [0.5, 0.6) is 5.75 Å². The highest BCUT2D eigenvalue weighted by atomic mass is 35.5. The van der Waals surface area contributed by atoms with Gasteiger partial charge in [-0.05, 0) is 55.2 Å². The number of aryl methyl sites for hydroxylation is 1. The minimum absolute atomic E-state index is 0.0999. The van der Waals surface area contributed by atoms with Crippen LogP contribution in [0.3, 0.4) is 0 Å². The molecule has 0 amide bonds. The van der Waals surface area contributed by atoms with E-state index in [0.717, 1.165) is 24.2 Å². The Labute approximate surface area is 154 Å². The van der Waals surface area contributed by atoms with Crippen LogP contribution in [0.25, 0.3) is 0 Å². The topological polar surface area (TPSA) is 61.7 Å². The molecule has 136 valence electrons. The number of ether oxygens (including phenoxy) is 1. The van der Waals surface area contributed by atoms with Crippen LogP contribution in [0.4, 0.5) is 0 Å². The first kappa shape index (κ1) is 19.7. The molecule has 0 aliphatic rings. The number of hydrogen-bond acceptors (Lipinski definition) is 4. The zero-order valence-electron chi connectivity index (χ0n) is 14.5. The molecule has 0 aliphatic carbocycles. The van der Waals surface area contributed by atoms with E-state index in [-0.39, 0.29) is 12.6 Å². The van der Waals surface area contributed by atoms with Gasteiger partial charge in [0.1, 0.15) is 12.4 Å². The van der Waals surface area contributed by atoms with Gasteiger partial charge in [0.05, 0.1) is 6.10 Å². The third-order valence-corrected chi connectivity index (χ3v) is 4.18. The van der Waals surface area contributed by atoms with Crippen molar-refractivity contribution in [2.45, 2.75) is 31.9 Å². The SMILES string of the molecule is CC(COc1ccc(CCCO)cc1)NCC(O)c1cccc(Cl)c1. The van der Waals surface area contributed by atoms with Gasteiger partial charge in [-0.2, -0.15) is 0 Å². The standard InChI is InChI=1S/C20H26ClNO3/c1-15(22-13-20(24)17-5-2-6-18(21)12-17)14-25-19-9-7-16(8-10-19)4-3-11-23/h2,5-10,12,15,20,22-24H,3-4,11,13-14H2,1H3. The van der Waals surface area contributed by atoms with E-state index < -0.39 is 6.10 Å². The first-order valence-corrected chi connectivity index (χ1v) is 8.96. The third kappa shape index (κ3) is 7.04. The molecule has 0 radical (unpaired) electrons. The third-order valence-electron chi connectivity index (χ3n) is 3.94. The molecule has 3 N–H and O–H groups in total. The Balaban J connectivity index is 1.72. The van der Waals surface area contributed by atoms with Gasteiger partial charge in [0.25, 0.3) is 0 Å². The van der Waals surface area contributed by atoms with Crippen molar-refractivity contribution in [1.29, 1.82) is 0 Å². The molecule has 0 aromatic heterocycles. The molecule has 4 nitrogen and oxygen atoms in total. The van der Waals surface area contributed by atoms with Crippen LogP contribution in [0, 0.1) is 0 Å². The monoisotopic (exact) mass is 363 g/mol.